The van der Waals surface area contributed by atoms with Crippen LogP contribution >= 0.6 is 22.9 Å². The van der Waals surface area contributed by atoms with Gasteiger partial charge in [-0.25, -0.2) is 0 Å². The first-order chi connectivity index (χ1) is 8.74. The van der Waals surface area contributed by atoms with Crippen LogP contribution in [0.15, 0.2) is 41.8 Å². The topological polar surface area (TPSA) is 0 Å². The highest BCUT2D eigenvalue weighted by molar-refractivity contribution is 7.09. The quantitative estimate of drug-likeness (QED) is 0.635. The molecule has 0 aliphatic rings. The minimum Gasteiger partial charge on any atom is -0.149 e. The highest BCUT2D eigenvalue weighted by Gasteiger charge is 2.06. The summed E-state index contributed by atoms with van der Waals surface area (Å²) in [5.74, 6) is 0. The number of thiophene rings is 1. The zero-order valence-electron chi connectivity index (χ0n) is 10.7. The number of hydrogen-bond donors (Lipinski definition) is 0. The van der Waals surface area contributed by atoms with E-state index in [1.165, 1.54) is 22.4 Å². The molecule has 0 saturated heterocycles. The molecule has 0 aliphatic heterocycles. The largest absolute Gasteiger partial charge is 0.149 e. The fraction of sp³-hybridized carbons (Fsp3) is 0.375. The summed E-state index contributed by atoms with van der Waals surface area (Å²) in [7, 11) is 0. The second-order valence-corrected chi connectivity index (χ2v) is 6.41. The summed E-state index contributed by atoms with van der Waals surface area (Å²) in [6, 6.07) is 13.0. The van der Waals surface area contributed by atoms with Gasteiger partial charge in [-0.3, -0.25) is 0 Å². The molecule has 2 rings (SSSR count). The van der Waals surface area contributed by atoms with E-state index in [4.69, 9.17) is 11.6 Å². The standard InChI is InChI=1S/C16H19ClS/c1-13-7-9-14(10-8-13)12-15(17)4-2-5-16-6-3-11-18-16/h3,6-11,15H,2,4-5,12H2,1H3. The van der Waals surface area contributed by atoms with Gasteiger partial charge < -0.3 is 0 Å². The van der Waals surface area contributed by atoms with Crippen LogP contribution in [0.2, 0.25) is 0 Å². The van der Waals surface area contributed by atoms with Crippen molar-refractivity contribution in [3.8, 4) is 0 Å². The van der Waals surface area contributed by atoms with Crippen molar-refractivity contribution in [1.82, 2.24) is 0 Å². The second kappa shape index (κ2) is 6.96. The van der Waals surface area contributed by atoms with Crippen LogP contribution in [0.1, 0.15) is 28.8 Å². The third kappa shape index (κ3) is 4.47. The lowest BCUT2D eigenvalue weighted by atomic mass is 10.0. The summed E-state index contributed by atoms with van der Waals surface area (Å²) >= 11 is 8.24. The van der Waals surface area contributed by atoms with Crippen molar-refractivity contribution < 1.29 is 0 Å². The minimum atomic E-state index is 0.257. The molecule has 0 saturated carbocycles. The molecule has 1 aromatic carbocycles. The van der Waals surface area contributed by atoms with Gasteiger partial charge in [-0.2, -0.15) is 0 Å². The second-order valence-electron chi connectivity index (χ2n) is 4.76. The highest BCUT2D eigenvalue weighted by Crippen LogP contribution is 2.17. The fourth-order valence-electron chi connectivity index (χ4n) is 2.03. The molecular weight excluding hydrogens is 260 g/mol. The number of benzene rings is 1. The van der Waals surface area contributed by atoms with Crippen molar-refractivity contribution in [2.75, 3.05) is 0 Å². The van der Waals surface area contributed by atoms with Crippen molar-refractivity contribution in [1.29, 1.82) is 0 Å². The number of alkyl halides is 1. The lowest BCUT2D eigenvalue weighted by Gasteiger charge is -2.09. The van der Waals surface area contributed by atoms with Crippen LogP contribution < -0.4 is 0 Å². The van der Waals surface area contributed by atoms with Crippen molar-refractivity contribution >= 4 is 22.9 Å². The van der Waals surface area contributed by atoms with Crippen molar-refractivity contribution in [3.63, 3.8) is 0 Å². The summed E-state index contributed by atoms with van der Waals surface area (Å²) in [6.07, 6.45) is 4.41. The third-order valence-electron chi connectivity index (χ3n) is 3.10. The lowest BCUT2D eigenvalue weighted by molar-refractivity contribution is 0.690. The summed E-state index contributed by atoms with van der Waals surface area (Å²) in [4.78, 5) is 1.47. The van der Waals surface area contributed by atoms with E-state index in [-0.39, 0.29) is 5.38 Å². The van der Waals surface area contributed by atoms with Gasteiger partial charge in [0.25, 0.3) is 0 Å². The van der Waals surface area contributed by atoms with Crippen molar-refractivity contribution in [2.24, 2.45) is 0 Å². The number of aryl methyl sites for hydroxylation is 2. The van der Waals surface area contributed by atoms with Gasteiger partial charge in [0.1, 0.15) is 0 Å². The fourth-order valence-corrected chi connectivity index (χ4v) is 3.12. The van der Waals surface area contributed by atoms with Crippen LogP contribution in [0.5, 0.6) is 0 Å². The zero-order valence-corrected chi connectivity index (χ0v) is 12.3. The third-order valence-corrected chi connectivity index (χ3v) is 4.41. The molecule has 18 heavy (non-hydrogen) atoms. The van der Waals surface area contributed by atoms with E-state index in [1.54, 1.807) is 0 Å². The predicted octanol–water partition coefficient (Wildman–Crippen LogP) is 5.23. The van der Waals surface area contributed by atoms with Gasteiger partial charge in [-0.05, 0) is 49.6 Å². The molecule has 1 aromatic heterocycles. The predicted molar refractivity (Wildman–Crippen MR) is 81.8 cm³/mol. The summed E-state index contributed by atoms with van der Waals surface area (Å²) < 4.78 is 0. The molecule has 2 heteroatoms. The van der Waals surface area contributed by atoms with Gasteiger partial charge in [-0.1, -0.05) is 35.9 Å². The molecule has 0 N–H and O–H groups in total. The number of halogens is 1. The van der Waals surface area contributed by atoms with E-state index >= 15 is 0 Å². The lowest BCUT2D eigenvalue weighted by Crippen LogP contribution is -2.03. The molecule has 0 radical (unpaired) electrons. The van der Waals surface area contributed by atoms with E-state index in [0.717, 1.165) is 19.3 Å². The number of hydrogen-bond acceptors (Lipinski definition) is 1. The first-order valence-corrected chi connectivity index (χ1v) is 7.77. The zero-order chi connectivity index (χ0) is 12.8. The Kier molecular flexibility index (Phi) is 5.27. The van der Waals surface area contributed by atoms with E-state index in [1.807, 2.05) is 11.3 Å². The Bertz CT molecular complexity index is 444. The van der Waals surface area contributed by atoms with Gasteiger partial charge in [0, 0.05) is 10.3 Å². The Morgan fingerprint density at radius 2 is 1.94 bits per heavy atom. The van der Waals surface area contributed by atoms with E-state index in [2.05, 4.69) is 48.7 Å². The molecular formula is C16H19ClS. The smallest absolute Gasteiger partial charge is 0.0376 e. The van der Waals surface area contributed by atoms with Crippen molar-refractivity contribution in [3.05, 3.63) is 57.8 Å². The Morgan fingerprint density at radius 3 is 2.61 bits per heavy atom. The van der Waals surface area contributed by atoms with E-state index in [9.17, 15) is 0 Å². The Morgan fingerprint density at radius 1 is 1.17 bits per heavy atom. The normalized spacial score (nSPS) is 12.6. The maximum absolute atomic E-state index is 6.40. The van der Waals surface area contributed by atoms with E-state index in [0.29, 0.717) is 0 Å². The molecule has 0 amide bonds. The van der Waals surface area contributed by atoms with Gasteiger partial charge >= 0.3 is 0 Å². The average molecular weight is 279 g/mol. The van der Waals surface area contributed by atoms with Crippen LogP contribution in [0.4, 0.5) is 0 Å². The van der Waals surface area contributed by atoms with Crippen LogP contribution in [0, 0.1) is 6.92 Å². The van der Waals surface area contributed by atoms with Gasteiger partial charge in [0.2, 0.25) is 0 Å². The van der Waals surface area contributed by atoms with E-state index < -0.39 is 0 Å². The summed E-state index contributed by atoms with van der Waals surface area (Å²) in [5.41, 5.74) is 2.65. The molecule has 0 bridgehead atoms. The molecule has 0 aliphatic carbocycles. The first kappa shape index (κ1) is 13.6. The summed E-state index contributed by atoms with van der Waals surface area (Å²) in [6.45, 7) is 2.11. The molecule has 1 heterocycles. The highest BCUT2D eigenvalue weighted by atomic mass is 35.5. The monoisotopic (exact) mass is 278 g/mol. The minimum absolute atomic E-state index is 0.257. The molecule has 96 valence electrons. The van der Waals surface area contributed by atoms with Crippen LogP contribution in [0.25, 0.3) is 0 Å². The molecule has 0 nitrogen and oxygen atoms in total. The summed E-state index contributed by atoms with van der Waals surface area (Å²) in [5, 5.41) is 2.40. The maximum Gasteiger partial charge on any atom is 0.0376 e. The van der Waals surface area contributed by atoms with Crippen molar-refractivity contribution in [2.45, 2.75) is 38.0 Å². The molecule has 0 fully saturated rings. The number of rotatable bonds is 6. The van der Waals surface area contributed by atoms with Gasteiger partial charge in [0.15, 0.2) is 0 Å². The molecule has 0 spiro atoms. The first-order valence-electron chi connectivity index (χ1n) is 6.46. The Balaban J connectivity index is 1.71. The van der Waals surface area contributed by atoms with Crippen LogP contribution in [-0.2, 0) is 12.8 Å². The molecule has 2 aromatic rings. The molecule has 1 unspecified atom stereocenters. The molecule has 1 atom stereocenters. The SMILES string of the molecule is Cc1ccc(CC(Cl)CCCc2cccs2)cc1. The Labute approximate surface area is 119 Å². The van der Waals surface area contributed by atoms with Crippen LogP contribution in [0.3, 0.4) is 0 Å². The van der Waals surface area contributed by atoms with Gasteiger partial charge in [0.05, 0.1) is 0 Å². The maximum atomic E-state index is 6.40. The Hall–Kier alpha value is -0.790. The average Bonchev–Trinajstić information content (AvgIpc) is 2.85. The van der Waals surface area contributed by atoms with Gasteiger partial charge in [-0.15, -0.1) is 22.9 Å². The van der Waals surface area contributed by atoms with Crippen LogP contribution in [-0.4, -0.2) is 5.38 Å².